The third-order valence-corrected chi connectivity index (χ3v) is 3.18. The molecule has 3 nitrogen and oxygen atoms in total. The molecule has 1 aromatic rings. The van der Waals surface area contributed by atoms with Gasteiger partial charge in [-0.25, -0.2) is 4.79 Å². The normalized spacial score (nSPS) is 23.1. The van der Waals surface area contributed by atoms with E-state index in [1.165, 1.54) is 11.1 Å². The number of carbonyl (C=O) groups is 1. The van der Waals surface area contributed by atoms with E-state index in [1.807, 2.05) is 17.0 Å². The first-order chi connectivity index (χ1) is 7.86. The van der Waals surface area contributed by atoms with Gasteiger partial charge in [0.05, 0.1) is 12.6 Å². The molecule has 1 saturated heterocycles. The summed E-state index contributed by atoms with van der Waals surface area (Å²) in [7, 11) is 0. The fraction of sp³-hybridized carbons (Fsp3) is 0.308. The van der Waals surface area contributed by atoms with Crippen LogP contribution in [0.3, 0.4) is 0 Å². The molecule has 0 spiro atoms. The smallest absolute Gasteiger partial charge is 0.410 e. The second-order valence-electron chi connectivity index (χ2n) is 4.09. The molecule has 0 saturated carbocycles. The second kappa shape index (κ2) is 3.67. The highest BCUT2D eigenvalue weighted by atomic mass is 16.6. The van der Waals surface area contributed by atoms with Crippen LogP contribution in [0.5, 0.6) is 0 Å². The topological polar surface area (TPSA) is 29.5 Å². The highest BCUT2D eigenvalue weighted by molar-refractivity contribution is 5.71. The summed E-state index contributed by atoms with van der Waals surface area (Å²) >= 11 is 0. The molecule has 0 bridgehead atoms. The largest absolute Gasteiger partial charge is 0.448 e. The maximum absolute atomic E-state index is 11.6. The number of nitrogens with zero attached hydrogens (tertiary/aromatic N) is 1. The number of rotatable bonds is 1. The first-order valence-electron chi connectivity index (χ1n) is 5.55. The number of ether oxygens (including phenoxy) is 1. The van der Waals surface area contributed by atoms with Crippen LogP contribution in [0.15, 0.2) is 30.3 Å². The maximum Gasteiger partial charge on any atom is 0.410 e. The Balaban J connectivity index is 1.98. The van der Waals surface area contributed by atoms with E-state index < -0.39 is 0 Å². The Morgan fingerprint density at radius 3 is 3.00 bits per heavy atom. The Labute approximate surface area is 94.3 Å². The van der Waals surface area contributed by atoms with Gasteiger partial charge in [0.2, 0.25) is 0 Å². The van der Waals surface area contributed by atoms with Crippen molar-refractivity contribution < 1.29 is 9.53 Å². The minimum atomic E-state index is -0.185. The van der Waals surface area contributed by atoms with Gasteiger partial charge in [-0.15, -0.1) is 0 Å². The summed E-state index contributed by atoms with van der Waals surface area (Å²) in [6.45, 7) is 1.22. The third kappa shape index (κ3) is 1.40. The summed E-state index contributed by atoms with van der Waals surface area (Å²) in [5.41, 5.74) is 2.43. The van der Waals surface area contributed by atoms with Gasteiger partial charge in [0, 0.05) is 0 Å². The van der Waals surface area contributed by atoms with Crippen LogP contribution in [0.4, 0.5) is 4.79 Å². The fourth-order valence-electron chi connectivity index (χ4n) is 2.40. The lowest BCUT2D eigenvalue weighted by molar-refractivity contribution is 0.147. The summed E-state index contributed by atoms with van der Waals surface area (Å²) in [5.74, 6) is 0. The van der Waals surface area contributed by atoms with Gasteiger partial charge in [-0.3, -0.25) is 4.90 Å². The van der Waals surface area contributed by atoms with Crippen molar-refractivity contribution in [1.29, 1.82) is 0 Å². The van der Waals surface area contributed by atoms with Crippen LogP contribution in [0.25, 0.3) is 6.08 Å². The van der Waals surface area contributed by atoms with Crippen LogP contribution in [0, 0.1) is 0 Å². The zero-order chi connectivity index (χ0) is 11.0. The summed E-state index contributed by atoms with van der Waals surface area (Å²) in [6, 6.07) is 8.37. The Morgan fingerprint density at radius 2 is 2.19 bits per heavy atom. The van der Waals surface area contributed by atoms with Gasteiger partial charge in [0.1, 0.15) is 6.61 Å². The maximum atomic E-state index is 11.6. The van der Waals surface area contributed by atoms with Crippen molar-refractivity contribution in [3.8, 4) is 0 Å². The minimum Gasteiger partial charge on any atom is -0.448 e. The van der Waals surface area contributed by atoms with Crippen molar-refractivity contribution in [3.63, 3.8) is 0 Å². The van der Waals surface area contributed by atoms with Gasteiger partial charge in [-0.05, 0) is 17.5 Å². The van der Waals surface area contributed by atoms with E-state index in [2.05, 4.69) is 24.3 Å². The molecule has 82 valence electrons. The molecule has 1 unspecified atom stereocenters. The van der Waals surface area contributed by atoms with Gasteiger partial charge < -0.3 is 4.74 Å². The number of carbonyl (C=O) groups excluding carboxylic acids is 1. The van der Waals surface area contributed by atoms with Gasteiger partial charge in [-0.1, -0.05) is 36.4 Å². The third-order valence-electron chi connectivity index (χ3n) is 3.18. The molecule has 1 aromatic carbocycles. The van der Waals surface area contributed by atoms with Crippen molar-refractivity contribution in [3.05, 3.63) is 41.5 Å². The van der Waals surface area contributed by atoms with E-state index in [4.69, 9.17) is 4.74 Å². The summed E-state index contributed by atoms with van der Waals surface area (Å²) in [5, 5.41) is 0. The average molecular weight is 215 g/mol. The zero-order valence-electron chi connectivity index (χ0n) is 8.93. The Bertz CT molecular complexity index is 453. The first-order valence-corrected chi connectivity index (χ1v) is 5.55. The molecule has 1 heterocycles. The van der Waals surface area contributed by atoms with Crippen molar-refractivity contribution in [2.24, 2.45) is 0 Å². The Morgan fingerprint density at radius 1 is 1.31 bits per heavy atom. The molecule has 1 atom stereocenters. The van der Waals surface area contributed by atoms with Crippen LogP contribution in [0.2, 0.25) is 0 Å². The molecule has 0 aromatic heterocycles. The highest BCUT2D eigenvalue weighted by Gasteiger charge is 2.31. The molecular formula is C13H13NO2. The molecule has 2 aliphatic rings. The molecule has 1 amide bonds. The standard InChI is InChI=1S/C13H13NO2/c15-13-14(8-9-16-13)12-7-3-5-10-4-1-2-6-11(10)12/h1-6,12H,7-9H2. The molecule has 3 rings (SSSR count). The molecule has 16 heavy (non-hydrogen) atoms. The van der Waals surface area contributed by atoms with Crippen molar-refractivity contribution in [2.75, 3.05) is 13.2 Å². The van der Waals surface area contributed by atoms with Gasteiger partial charge in [-0.2, -0.15) is 0 Å². The lowest BCUT2D eigenvalue weighted by atomic mass is 9.92. The SMILES string of the molecule is O=C1OCCN1C1CC=Cc2ccccc21. The number of cyclic esters (lactones) is 1. The molecular weight excluding hydrogens is 202 g/mol. The Kier molecular flexibility index (Phi) is 2.17. The molecule has 0 radical (unpaired) electrons. The fourth-order valence-corrected chi connectivity index (χ4v) is 2.40. The van der Waals surface area contributed by atoms with E-state index in [0.717, 1.165) is 6.42 Å². The second-order valence-corrected chi connectivity index (χ2v) is 4.09. The van der Waals surface area contributed by atoms with Crippen LogP contribution >= 0.6 is 0 Å². The van der Waals surface area contributed by atoms with E-state index in [1.54, 1.807) is 0 Å². The molecule has 1 aliphatic carbocycles. The minimum absolute atomic E-state index is 0.149. The predicted octanol–water partition coefficient (Wildman–Crippen LogP) is 2.60. The summed E-state index contributed by atoms with van der Waals surface area (Å²) < 4.78 is 5.00. The van der Waals surface area contributed by atoms with Crippen LogP contribution in [-0.2, 0) is 4.74 Å². The highest BCUT2D eigenvalue weighted by Crippen LogP contribution is 2.33. The first kappa shape index (κ1) is 9.46. The number of amides is 1. The average Bonchev–Trinajstić information content (AvgIpc) is 2.75. The van der Waals surface area contributed by atoms with Crippen LogP contribution < -0.4 is 0 Å². The van der Waals surface area contributed by atoms with Crippen molar-refractivity contribution in [1.82, 2.24) is 4.90 Å². The van der Waals surface area contributed by atoms with Gasteiger partial charge in [0.15, 0.2) is 0 Å². The van der Waals surface area contributed by atoms with E-state index in [0.29, 0.717) is 13.2 Å². The molecule has 1 fully saturated rings. The van der Waals surface area contributed by atoms with Crippen molar-refractivity contribution in [2.45, 2.75) is 12.5 Å². The quantitative estimate of drug-likeness (QED) is 0.720. The number of benzene rings is 1. The van der Waals surface area contributed by atoms with Crippen LogP contribution in [-0.4, -0.2) is 24.1 Å². The van der Waals surface area contributed by atoms with E-state index in [9.17, 15) is 4.79 Å². The Hall–Kier alpha value is -1.77. The molecule has 3 heteroatoms. The molecule has 0 N–H and O–H groups in total. The van der Waals surface area contributed by atoms with Gasteiger partial charge in [0.25, 0.3) is 0 Å². The lowest BCUT2D eigenvalue weighted by Crippen LogP contribution is -2.30. The summed E-state index contributed by atoms with van der Waals surface area (Å²) in [4.78, 5) is 13.4. The predicted molar refractivity (Wildman–Crippen MR) is 60.9 cm³/mol. The lowest BCUT2D eigenvalue weighted by Gasteiger charge is -2.28. The van der Waals surface area contributed by atoms with E-state index in [-0.39, 0.29) is 12.1 Å². The molecule has 1 aliphatic heterocycles. The van der Waals surface area contributed by atoms with E-state index >= 15 is 0 Å². The summed E-state index contributed by atoms with van der Waals surface area (Å²) in [6.07, 6.45) is 4.94. The number of hydrogen-bond acceptors (Lipinski definition) is 2. The van der Waals surface area contributed by atoms with Crippen LogP contribution in [0.1, 0.15) is 23.6 Å². The number of hydrogen-bond donors (Lipinski definition) is 0. The monoisotopic (exact) mass is 215 g/mol. The van der Waals surface area contributed by atoms with Crippen molar-refractivity contribution >= 4 is 12.2 Å². The number of fused-ring (bicyclic) bond motifs is 1. The zero-order valence-corrected chi connectivity index (χ0v) is 8.93. The van der Waals surface area contributed by atoms with Gasteiger partial charge >= 0.3 is 6.09 Å².